The average Bonchev–Trinajstić information content (AvgIpc) is 3.02. The van der Waals surface area contributed by atoms with Crippen LogP contribution in [0.1, 0.15) is 32.6 Å². The molecule has 1 heterocycles. The maximum atomic E-state index is 11.5. The molecule has 0 bridgehead atoms. The van der Waals surface area contributed by atoms with Crippen LogP contribution in [-0.4, -0.2) is 94.7 Å². The van der Waals surface area contributed by atoms with Gasteiger partial charge in [-0.3, -0.25) is 14.4 Å². The summed E-state index contributed by atoms with van der Waals surface area (Å²) < 4.78 is 26.4. The third-order valence-electron chi connectivity index (χ3n) is 3.74. The molecule has 1 saturated heterocycles. The van der Waals surface area contributed by atoms with E-state index in [1.54, 1.807) is 0 Å². The fourth-order valence-corrected chi connectivity index (χ4v) is 2.16. The first-order valence-corrected chi connectivity index (χ1v) is 9.95. The van der Waals surface area contributed by atoms with Crippen LogP contribution in [0.4, 0.5) is 0 Å². The summed E-state index contributed by atoms with van der Waals surface area (Å²) in [7, 11) is 0. The highest BCUT2D eigenvalue weighted by Crippen LogP contribution is 2.12. The molecule has 1 aliphatic rings. The van der Waals surface area contributed by atoms with Crippen molar-refractivity contribution in [2.24, 2.45) is 0 Å². The molecular weight excluding hydrogens is 402 g/mol. The van der Waals surface area contributed by atoms with E-state index in [1.165, 1.54) is 6.92 Å². The van der Waals surface area contributed by atoms with Gasteiger partial charge in [0.1, 0.15) is 5.78 Å². The lowest BCUT2D eigenvalue weighted by atomic mass is 10.3. The van der Waals surface area contributed by atoms with Gasteiger partial charge in [-0.1, -0.05) is 0 Å². The predicted molar refractivity (Wildman–Crippen MR) is 101 cm³/mol. The molecule has 2 amide bonds. The number of nitrogens with zero attached hydrogens (tertiary/aromatic N) is 1. The molecule has 1 aliphatic heterocycles. The van der Waals surface area contributed by atoms with Crippen molar-refractivity contribution in [1.29, 1.82) is 0 Å². The average molecular weight is 433 g/mol. The Morgan fingerprint density at radius 1 is 0.667 bits per heavy atom. The topological polar surface area (TPSA) is 127 Å². The molecule has 30 heavy (non-hydrogen) atoms. The Balaban J connectivity index is 1.77. The summed E-state index contributed by atoms with van der Waals surface area (Å²) in [6.45, 7) is 5.29. The van der Waals surface area contributed by atoms with Crippen LogP contribution in [0.5, 0.6) is 0 Å². The first-order valence-electron chi connectivity index (χ1n) is 9.95. The Labute approximate surface area is 175 Å². The number of carbonyl (C=O) groups is 4. The molecule has 0 radical (unpaired) electrons. The molecule has 0 spiro atoms. The van der Waals surface area contributed by atoms with Gasteiger partial charge < -0.3 is 28.5 Å². The van der Waals surface area contributed by atoms with E-state index in [0.29, 0.717) is 70.9 Å². The van der Waals surface area contributed by atoms with Crippen LogP contribution in [0.2, 0.25) is 0 Å². The monoisotopic (exact) mass is 433 g/mol. The molecule has 1 fully saturated rings. The number of carbonyl (C=O) groups excluding carboxylic acids is 4. The number of hydrogen-bond donors (Lipinski definition) is 0. The minimum absolute atomic E-state index is 0.0643. The van der Waals surface area contributed by atoms with E-state index in [2.05, 4.69) is 0 Å². The van der Waals surface area contributed by atoms with Crippen molar-refractivity contribution in [2.45, 2.75) is 32.6 Å². The van der Waals surface area contributed by atoms with Crippen molar-refractivity contribution in [3.63, 3.8) is 0 Å². The van der Waals surface area contributed by atoms with Gasteiger partial charge in [-0.2, -0.15) is 0 Å². The minimum atomic E-state index is -0.697. The van der Waals surface area contributed by atoms with Crippen LogP contribution in [0.25, 0.3) is 0 Å². The molecule has 0 aromatic heterocycles. The number of amides is 2. The third-order valence-corrected chi connectivity index (χ3v) is 3.74. The third kappa shape index (κ3) is 13.3. The standard InChI is InChI=1S/C19H31NO10/c1-16(21)4-6-25-8-10-27-12-14-29-15-13-28-11-9-26-7-5-19(24)30-20-17(22)2-3-18(20)23/h2-15H2,1H3. The Bertz CT molecular complexity index is 523. The second-order valence-electron chi connectivity index (χ2n) is 6.31. The summed E-state index contributed by atoms with van der Waals surface area (Å²) in [6.07, 6.45) is 0.482. The predicted octanol–water partition coefficient (Wildman–Crippen LogP) is 0.0458. The Kier molecular flexibility index (Phi) is 14.7. The lowest BCUT2D eigenvalue weighted by molar-refractivity contribution is -0.198. The van der Waals surface area contributed by atoms with Crippen molar-refractivity contribution in [2.75, 3.05) is 66.1 Å². The fourth-order valence-electron chi connectivity index (χ4n) is 2.16. The quantitative estimate of drug-likeness (QED) is 0.204. The normalized spacial score (nSPS) is 13.8. The van der Waals surface area contributed by atoms with Crippen molar-refractivity contribution in [1.82, 2.24) is 5.06 Å². The van der Waals surface area contributed by atoms with E-state index >= 15 is 0 Å². The minimum Gasteiger partial charge on any atom is -0.379 e. The summed E-state index contributed by atoms with van der Waals surface area (Å²) in [5.41, 5.74) is 0. The van der Waals surface area contributed by atoms with Gasteiger partial charge >= 0.3 is 5.97 Å². The highest BCUT2D eigenvalue weighted by atomic mass is 16.7. The molecule has 11 nitrogen and oxygen atoms in total. The molecule has 0 unspecified atom stereocenters. The molecule has 172 valence electrons. The van der Waals surface area contributed by atoms with Crippen molar-refractivity contribution in [3.8, 4) is 0 Å². The van der Waals surface area contributed by atoms with Crippen LogP contribution >= 0.6 is 0 Å². The number of Topliss-reactive ketones (excluding diaryl/α,β-unsaturated/α-hetero) is 1. The lowest BCUT2D eigenvalue weighted by Crippen LogP contribution is -2.32. The van der Waals surface area contributed by atoms with E-state index in [4.69, 9.17) is 28.5 Å². The lowest BCUT2D eigenvalue weighted by Gasteiger charge is -2.12. The zero-order valence-electron chi connectivity index (χ0n) is 17.4. The highest BCUT2D eigenvalue weighted by Gasteiger charge is 2.32. The van der Waals surface area contributed by atoms with Gasteiger partial charge in [-0.15, -0.1) is 5.06 Å². The Morgan fingerprint density at radius 3 is 1.43 bits per heavy atom. The Hall–Kier alpha value is -1.92. The van der Waals surface area contributed by atoms with E-state index < -0.39 is 17.8 Å². The number of imide groups is 1. The van der Waals surface area contributed by atoms with Crippen LogP contribution in [0.15, 0.2) is 0 Å². The van der Waals surface area contributed by atoms with Crippen molar-refractivity contribution < 1.29 is 47.7 Å². The van der Waals surface area contributed by atoms with Gasteiger partial charge in [0, 0.05) is 19.3 Å². The number of hydrogen-bond acceptors (Lipinski definition) is 10. The van der Waals surface area contributed by atoms with Gasteiger partial charge in [0.25, 0.3) is 11.8 Å². The van der Waals surface area contributed by atoms with Crippen LogP contribution in [0.3, 0.4) is 0 Å². The zero-order chi connectivity index (χ0) is 22.0. The summed E-state index contributed by atoms with van der Waals surface area (Å²) in [6, 6.07) is 0. The van der Waals surface area contributed by atoms with Gasteiger partial charge in [0.2, 0.25) is 0 Å². The number of ether oxygens (including phenoxy) is 5. The van der Waals surface area contributed by atoms with Gasteiger partial charge in [-0.05, 0) is 6.92 Å². The molecular formula is C19H31NO10. The number of rotatable bonds is 19. The zero-order valence-corrected chi connectivity index (χ0v) is 17.4. The van der Waals surface area contributed by atoms with E-state index in [-0.39, 0.29) is 31.7 Å². The first kappa shape index (κ1) is 26.1. The highest BCUT2D eigenvalue weighted by molar-refractivity contribution is 6.01. The molecule has 1 rings (SSSR count). The number of hydroxylamine groups is 2. The number of ketones is 1. The summed E-state index contributed by atoms with van der Waals surface area (Å²) in [4.78, 5) is 49.6. The second-order valence-corrected chi connectivity index (χ2v) is 6.31. The smallest absolute Gasteiger partial charge is 0.335 e. The maximum Gasteiger partial charge on any atom is 0.335 e. The van der Waals surface area contributed by atoms with Gasteiger partial charge in [0.05, 0.1) is 72.5 Å². The molecule has 0 aliphatic carbocycles. The van der Waals surface area contributed by atoms with Crippen LogP contribution in [0, 0.1) is 0 Å². The van der Waals surface area contributed by atoms with E-state index in [9.17, 15) is 19.2 Å². The molecule has 0 N–H and O–H groups in total. The van der Waals surface area contributed by atoms with Crippen LogP contribution < -0.4 is 0 Å². The molecule has 0 aromatic rings. The van der Waals surface area contributed by atoms with E-state index in [0.717, 1.165) is 0 Å². The molecule has 0 aromatic carbocycles. The molecule has 0 atom stereocenters. The van der Waals surface area contributed by atoms with Gasteiger partial charge in [-0.25, -0.2) is 4.79 Å². The Morgan fingerprint density at radius 2 is 1.03 bits per heavy atom. The largest absolute Gasteiger partial charge is 0.379 e. The van der Waals surface area contributed by atoms with Gasteiger partial charge in [0.15, 0.2) is 0 Å². The fraction of sp³-hybridized carbons (Fsp3) is 0.789. The van der Waals surface area contributed by atoms with E-state index in [1.807, 2.05) is 0 Å². The van der Waals surface area contributed by atoms with Crippen LogP contribution in [-0.2, 0) is 47.7 Å². The molecule has 0 saturated carbocycles. The van der Waals surface area contributed by atoms with Crippen molar-refractivity contribution in [3.05, 3.63) is 0 Å². The summed E-state index contributed by atoms with van der Waals surface area (Å²) in [5, 5.41) is 0.515. The SMILES string of the molecule is CC(=O)CCOCCOCCOCCOCCOCCC(=O)ON1C(=O)CCC1=O. The molecule has 11 heteroatoms. The summed E-state index contributed by atoms with van der Waals surface area (Å²) in [5.74, 6) is -1.61. The summed E-state index contributed by atoms with van der Waals surface area (Å²) >= 11 is 0. The maximum absolute atomic E-state index is 11.5. The first-order chi connectivity index (χ1) is 14.5. The van der Waals surface area contributed by atoms with Crippen molar-refractivity contribution >= 4 is 23.6 Å². The second kappa shape index (κ2) is 16.8.